The van der Waals surface area contributed by atoms with Crippen LogP contribution in [0.25, 0.3) is 0 Å². The van der Waals surface area contributed by atoms with Crippen LogP contribution in [0, 0.1) is 5.82 Å². The first-order valence-electron chi connectivity index (χ1n) is 9.54. The van der Waals surface area contributed by atoms with Gasteiger partial charge < -0.3 is 23.7 Å². The van der Waals surface area contributed by atoms with E-state index in [9.17, 15) is 9.18 Å². The van der Waals surface area contributed by atoms with Crippen LogP contribution in [0.2, 0.25) is 5.02 Å². The topological polar surface area (TPSA) is 63.2 Å². The zero-order valence-electron chi connectivity index (χ0n) is 16.7. The van der Waals surface area contributed by atoms with E-state index >= 15 is 0 Å². The van der Waals surface area contributed by atoms with Crippen LogP contribution in [0.1, 0.15) is 35.9 Å². The minimum absolute atomic E-state index is 0.0338. The Morgan fingerprint density at radius 2 is 1.83 bits per heavy atom. The van der Waals surface area contributed by atoms with Crippen molar-refractivity contribution in [1.82, 2.24) is 0 Å². The van der Waals surface area contributed by atoms with Crippen LogP contribution in [0.15, 0.2) is 48.5 Å². The van der Waals surface area contributed by atoms with E-state index < -0.39 is 48.3 Å². The van der Waals surface area contributed by atoms with Crippen molar-refractivity contribution < 1.29 is 32.9 Å². The molecule has 160 valence electrons. The lowest BCUT2D eigenvalue weighted by molar-refractivity contribution is -0.237. The van der Waals surface area contributed by atoms with Crippen LogP contribution in [-0.2, 0) is 23.7 Å². The van der Waals surface area contributed by atoms with Gasteiger partial charge in [-0.05, 0) is 43.7 Å². The van der Waals surface area contributed by atoms with Gasteiger partial charge in [0.1, 0.15) is 24.1 Å². The molecule has 4 rings (SSSR count). The molecule has 2 aliphatic rings. The third-order valence-corrected chi connectivity index (χ3v) is 5.40. The van der Waals surface area contributed by atoms with Gasteiger partial charge in [-0.25, -0.2) is 9.18 Å². The first-order chi connectivity index (χ1) is 14.3. The molecule has 2 fully saturated rings. The third-order valence-electron chi connectivity index (χ3n) is 5.09. The summed E-state index contributed by atoms with van der Waals surface area (Å²) < 4.78 is 43.4. The highest BCUT2D eigenvalue weighted by Crippen LogP contribution is 2.44. The van der Waals surface area contributed by atoms with Gasteiger partial charge in [0.2, 0.25) is 0 Å². The molecule has 6 nitrogen and oxygen atoms in total. The molecule has 0 spiro atoms. The molecule has 0 saturated carbocycles. The molecule has 0 N–H and O–H groups in total. The number of benzene rings is 2. The van der Waals surface area contributed by atoms with E-state index in [4.69, 9.17) is 35.3 Å². The summed E-state index contributed by atoms with van der Waals surface area (Å²) in [6.07, 6.45) is -3.59. The average Bonchev–Trinajstić information content (AvgIpc) is 3.21. The second-order valence-corrected chi connectivity index (χ2v) is 8.04. The van der Waals surface area contributed by atoms with Crippen molar-refractivity contribution in [2.24, 2.45) is 0 Å². The van der Waals surface area contributed by atoms with Crippen molar-refractivity contribution in [1.29, 1.82) is 0 Å². The fourth-order valence-electron chi connectivity index (χ4n) is 3.80. The molecular formula is C22H22ClFO6. The van der Waals surface area contributed by atoms with Gasteiger partial charge in [0.05, 0.1) is 10.6 Å². The first-order valence-corrected chi connectivity index (χ1v) is 9.92. The molecule has 2 saturated heterocycles. The van der Waals surface area contributed by atoms with Crippen LogP contribution in [0.3, 0.4) is 0 Å². The maximum atomic E-state index is 14.2. The van der Waals surface area contributed by atoms with Crippen LogP contribution >= 0.6 is 11.6 Å². The van der Waals surface area contributed by atoms with Gasteiger partial charge in [-0.15, -0.1) is 0 Å². The second kappa shape index (κ2) is 8.24. The molecule has 2 aromatic carbocycles. The summed E-state index contributed by atoms with van der Waals surface area (Å²) in [7, 11) is 1.49. The van der Waals surface area contributed by atoms with Crippen LogP contribution in [0.5, 0.6) is 0 Å². The zero-order valence-corrected chi connectivity index (χ0v) is 17.5. The summed E-state index contributed by atoms with van der Waals surface area (Å²) in [5.74, 6) is -2.07. The molecule has 5 atom stereocenters. The molecule has 0 aliphatic carbocycles. The van der Waals surface area contributed by atoms with E-state index in [-0.39, 0.29) is 5.02 Å². The maximum Gasteiger partial charge on any atom is 0.338 e. The maximum absolute atomic E-state index is 14.2. The molecule has 2 aromatic rings. The number of halogens is 2. The lowest BCUT2D eigenvalue weighted by atomic mass is 9.98. The normalized spacial score (nSPS) is 28.2. The van der Waals surface area contributed by atoms with Crippen molar-refractivity contribution in [3.05, 3.63) is 70.5 Å². The number of carbonyl (C=O) groups excluding carboxylic acids is 1. The summed E-state index contributed by atoms with van der Waals surface area (Å²) in [5, 5.41) is -0.0338. The molecule has 0 amide bonds. The lowest BCUT2D eigenvalue weighted by Gasteiger charge is -2.29. The first kappa shape index (κ1) is 21.2. The number of hydrogen-bond acceptors (Lipinski definition) is 6. The van der Waals surface area contributed by atoms with Gasteiger partial charge in [0.25, 0.3) is 0 Å². The molecule has 2 heterocycles. The Morgan fingerprint density at radius 1 is 1.13 bits per heavy atom. The molecule has 2 aliphatic heterocycles. The van der Waals surface area contributed by atoms with Gasteiger partial charge in [0, 0.05) is 7.11 Å². The predicted octanol–water partition coefficient (Wildman–Crippen LogP) is 4.27. The Labute approximate surface area is 178 Å². The van der Waals surface area contributed by atoms with E-state index in [1.165, 1.54) is 19.2 Å². The summed E-state index contributed by atoms with van der Waals surface area (Å²) in [5.41, 5.74) is 0.744. The molecule has 0 aromatic heterocycles. The van der Waals surface area contributed by atoms with Gasteiger partial charge in [-0.3, -0.25) is 0 Å². The van der Waals surface area contributed by atoms with E-state index in [2.05, 4.69) is 0 Å². The number of carbonyl (C=O) groups is 1. The molecule has 0 radical (unpaired) electrons. The zero-order chi connectivity index (χ0) is 21.5. The van der Waals surface area contributed by atoms with Gasteiger partial charge in [0.15, 0.2) is 18.2 Å². The largest absolute Gasteiger partial charge is 0.451 e. The molecule has 30 heavy (non-hydrogen) atoms. The summed E-state index contributed by atoms with van der Waals surface area (Å²) in [6, 6.07) is 12.7. The van der Waals surface area contributed by atoms with Crippen molar-refractivity contribution in [2.75, 3.05) is 7.11 Å². The van der Waals surface area contributed by atoms with E-state index in [0.29, 0.717) is 11.1 Å². The molecule has 0 bridgehead atoms. The summed E-state index contributed by atoms with van der Waals surface area (Å²) >= 11 is 5.84. The Bertz CT molecular complexity index is 921. The number of rotatable bonds is 5. The van der Waals surface area contributed by atoms with Gasteiger partial charge in [-0.1, -0.05) is 35.9 Å². The Kier molecular flexibility index (Phi) is 5.83. The summed E-state index contributed by atoms with van der Waals surface area (Å²) in [4.78, 5) is 12.8. The van der Waals surface area contributed by atoms with Crippen molar-refractivity contribution >= 4 is 17.6 Å². The molecular weight excluding hydrogens is 415 g/mol. The van der Waals surface area contributed by atoms with E-state index in [0.717, 1.165) is 0 Å². The quantitative estimate of drug-likeness (QED) is 0.652. The number of methoxy groups -OCH3 is 1. The van der Waals surface area contributed by atoms with Crippen molar-refractivity contribution in [2.45, 2.75) is 50.3 Å². The highest BCUT2D eigenvalue weighted by Gasteiger charge is 2.58. The highest BCUT2D eigenvalue weighted by molar-refractivity contribution is 6.30. The monoisotopic (exact) mass is 436 g/mol. The number of fused-ring (bicyclic) bond motifs is 1. The predicted molar refractivity (Wildman–Crippen MR) is 106 cm³/mol. The molecule has 8 heteroatoms. The lowest BCUT2D eigenvalue weighted by Crippen LogP contribution is -2.36. The minimum atomic E-state index is -0.977. The Morgan fingerprint density at radius 3 is 2.50 bits per heavy atom. The van der Waals surface area contributed by atoms with Crippen LogP contribution in [0.4, 0.5) is 4.39 Å². The van der Waals surface area contributed by atoms with Crippen molar-refractivity contribution in [3.63, 3.8) is 0 Å². The minimum Gasteiger partial charge on any atom is -0.451 e. The number of ether oxygens (including phenoxy) is 5. The van der Waals surface area contributed by atoms with Gasteiger partial charge in [-0.2, -0.15) is 0 Å². The van der Waals surface area contributed by atoms with Gasteiger partial charge >= 0.3 is 5.97 Å². The molecule has 0 unspecified atom stereocenters. The number of esters is 1. The fourth-order valence-corrected chi connectivity index (χ4v) is 3.91. The smallest absolute Gasteiger partial charge is 0.338 e. The van der Waals surface area contributed by atoms with Crippen LogP contribution < -0.4 is 0 Å². The Hall–Kier alpha value is -2.03. The van der Waals surface area contributed by atoms with Crippen LogP contribution in [-0.4, -0.2) is 43.5 Å². The summed E-state index contributed by atoms with van der Waals surface area (Å²) in [6.45, 7) is 3.56. The number of hydrogen-bond donors (Lipinski definition) is 0. The Balaban J connectivity index is 1.69. The highest BCUT2D eigenvalue weighted by atomic mass is 35.5. The second-order valence-electron chi connectivity index (χ2n) is 7.64. The average molecular weight is 437 g/mol. The third kappa shape index (κ3) is 4.08. The van der Waals surface area contributed by atoms with Crippen molar-refractivity contribution in [3.8, 4) is 0 Å². The van der Waals surface area contributed by atoms with E-state index in [1.807, 2.05) is 0 Å². The fraction of sp³-hybridized carbons (Fsp3) is 0.409. The van der Waals surface area contributed by atoms with E-state index in [1.54, 1.807) is 50.2 Å². The SMILES string of the molecule is CO[C@@H]1O[C@H]([C@H](OC(=O)c2ccccc2)c2ccc(Cl)c(F)c2)[C@H]2OC(C)(C)O[C@@H]12. The standard InChI is InChI=1S/C22H22ClFO6/c1-22(2)29-18-17(28-21(26-3)19(18)30-22)16(13-9-10-14(23)15(24)11-13)27-20(25)12-7-5-4-6-8-12/h4-11,16-19,21H,1-3H3/t16-,17-,18-,19-,21-/m1/s1.